The van der Waals surface area contributed by atoms with Gasteiger partial charge in [0.25, 0.3) is 0 Å². The summed E-state index contributed by atoms with van der Waals surface area (Å²) in [6, 6.07) is 5.04. The molecule has 15 heavy (non-hydrogen) atoms. The minimum absolute atomic E-state index is 0.0416. The molecular weight excluding hydrogens is 200 g/mol. The number of benzene rings is 1. The molecule has 80 valence electrons. The van der Waals surface area contributed by atoms with Gasteiger partial charge in [0, 0.05) is 0 Å². The zero-order chi connectivity index (χ0) is 11.6. The SMILES string of the molecule is CC(O)(C(=O)O)c1ccc(C(=O)O)cc1. The van der Waals surface area contributed by atoms with E-state index in [4.69, 9.17) is 10.2 Å². The van der Waals surface area contributed by atoms with Crippen molar-refractivity contribution < 1.29 is 24.9 Å². The zero-order valence-electron chi connectivity index (χ0n) is 7.97. The fraction of sp³-hybridized carbons (Fsp3) is 0.200. The normalized spacial score (nSPS) is 14.3. The summed E-state index contributed by atoms with van der Waals surface area (Å²) in [6.07, 6.45) is 0. The summed E-state index contributed by atoms with van der Waals surface area (Å²) >= 11 is 0. The summed E-state index contributed by atoms with van der Waals surface area (Å²) < 4.78 is 0. The molecule has 0 aliphatic carbocycles. The lowest BCUT2D eigenvalue weighted by Crippen LogP contribution is -2.31. The van der Waals surface area contributed by atoms with E-state index in [2.05, 4.69) is 0 Å². The Morgan fingerprint density at radius 3 is 1.93 bits per heavy atom. The van der Waals surface area contributed by atoms with Crippen LogP contribution in [0.15, 0.2) is 24.3 Å². The van der Waals surface area contributed by atoms with Gasteiger partial charge in [-0.3, -0.25) is 0 Å². The van der Waals surface area contributed by atoms with Crippen LogP contribution in [-0.2, 0) is 10.4 Å². The van der Waals surface area contributed by atoms with Crippen LogP contribution in [0.3, 0.4) is 0 Å². The van der Waals surface area contributed by atoms with E-state index in [1.165, 1.54) is 24.3 Å². The highest BCUT2D eigenvalue weighted by Crippen LogP contribution is 2.21. The van der Waals surface area contributed by atoms with Crippen molar-refractivity contribution in [2.75, 3.05) is 0 Å². The number of aliphatic carboxylic acids is 1. The van der Waals surface area contributed by atoms with Crippen molar-refractivity contribution in [3.05, 3.63) is 35.4 Å². The van der Waals surface area contributed by atoms with Crippen LogP contribution in [-0.4, -0.2) is 27.3 Å². The van der Waals surface area contributed by atoms with Gasteiger partial charge in [-0.05, 0) is 24.6 Å². The first-order valence-electron chi connectivity index (χ1n) is 4.15. The van der Waals surface area contributed by atoms with E-state index in [0.29, 0.717) is 0 Å². The monoisotopic (exact) mass is 210 g/mol. The Balaban J connectivity index is 3.09. The maximum absolute atomic E-state index is 10.7. The maximum Gasteiger partial charge on any atom is 0.340 e. The molecule has 0 radical (unpaired) electrons. The van der Waals surface area contributed by atoms with Gasteiger partial charge in [-0.1, -0.05) is 12.1 Å². The molecule has 1 rings (SSSR count). The molecule has 5 heteroatoms. The third kappa shape index (κ3) is 2.13. The first-order valence-corrected chi connectivity index (χ1v) is 4.15. The summed E-state index contributed by atoms with van der Waals surface area (Å²) in [7, 11) is 0. The zero-order valence-corrected chi connectivity index (χ0v) is 7.97. The second kappa shape index (κ2) is 3.70. The highest BCUT2D eigenvalue weighted by molar-refractivity contribution is 5.88. The molecule has 0 saturated carbocycles. The molecule has 0 amide bonds. The van der Waals surface area contributed by atoms with Gasteiger partial charge in [0.15, 0.2) is 5.60 Å². The minimum Gasteiger partial charge on any atom is -0.479 e. The van der Waals surface area contributed by atoms with Gasteiger partial charge in [0.05, 0.1) is 5.56 Å². The summed E-state index contributed by atoms with van der Waals surface area (Å²) in [4.78, 5) is 21.2. The number of aliphatic hydroxyl groups is 1. The first-order chi connectivity index (χ1) is 6.85. The van der Waals surface area contributed by atoms with Gasteiger partial charge in [-0.15, -0.1) is 0 Å². The highest BCUT2D eigenvalue weighted by Gasteiger charge is 2.31. The van der Waals surface area contributed by atoms with Gasteiger partial charge < -0.3 is 15.3 Å². The largest absolute Gasteiger partial charge is 0.479 e. The Bertz CT molecular complexity index is 391. The molecule has 5 nitrogen and oxygen atoms in total. The quantitative estimate of drug-likeness (QED) is 0.681. The number of rotatable bonds is 3. The number of aromatic carboxylic acids is 1. The molecule has 1 atom stereocenters. The Morgan fingerprint density at radius 2 is 1.60 bits per heavy atom. The third-order valence-electron chi connectivity index (χ3n) is 2.11. The highest BCUT2D eigenvalue weighted by atomic mass is 16.4. The lowest BCUT2D eigenvalue weighted by atomic mass is 9.95. The first kappa shape index (κ1) is 11.2. The van der Waals surface area contributed by atoms with Crippen LogP contribution in [0.5, 0.6) is 0 Å². The van der Waals surface area contributed by atoms with Crippen LogP contribution in [0.4, 0.5) is 0 Å². The third-order valence-corrected chi connectivity index (χ3v) is 2.11. The lowest BCUT2D eigenvalue weighted by Gasteiger charge is -2.18. The summed E-state index contributed by atoms with van der Waals surface area (Å²) in [5, 5.41) is 26.9. The predicted octanol–water partition coefficient (Wildman–Crippen LogP) is 0.677. The van der Waals surface area contributed by atoms with Gasteiger partial charge >= 0.3 is 11.9 Å². The topological polar surface area (TPSA) is 94.8 Å². The van der Waals surface area contributed by atoms with Crippen molar-refractivity contribution in [3.8, 4) is 0 Å². The predicted molar refractivity (Wildman–Crippen MR) is 50.6 cm³/mol. The fourth-order valence-electron chi connectivity index (χ4n) is 1.06. The van der Waals surface area contributed by atoms with Crippen LogP contribution in [0.1, 0.15) is 22.8 Å². The number of carboxylic acids is 2. The number of carbonyl (C=O) groups is 2. The molecule has 0 heterocycles. The second-order valence-corrected chi connectivity index (χ2v) is 3.26. The number of carboxylic acid groups (broad SMARTS) is 2. The van der Waals surface area contributed by atoms with E-state index >= 15 is 0 Å². The van der Waals surface area contributed by atoms with Gasteiger partial charge in [-0.2, -0.15) is 0 Å². The fourth-order valence-corrected chi connectivity index (χ4v) is 1.06. The van der Waals surface area contributed by atoms with Gasteiger partial charge in [-0.25, -0.2) is 9.59 Å². The van der Waals surface area contributed by atoms with E-state index in [-0.39, 0.29) is 11.1 Å². The standard InChI is InChI=1S/C10H10O5/c1-10(15,9(13)14)7-4-2-6(3-5-7)8(11)12/h2-5,15H,1H3,(H,11,12)(H,13,14). The van der Waals surface area contributed by atoms with Crippen molar-refractivity contribution >= 4 is 11.9 Å². The number of hydrogen-bond acceptors (Lipinski definition) is 3. The summed E-state index contributed by atoms with van der Waals surface area (Å²) in [6.45, 7) is 1.13. The molecule has 1 aromatic carbocycles. The van der Waals surface area contributed by atoms with Crippen LogP contribution in [0.25, 0.3) is 0 Å². The Morgan fingerprint density at radius 1 is 1.13 bits per heavy atom. The summed E-state index contributed by atoms with van der Waals surface area (Å²) in [5.74, 6) is -2.48. The Hall–Kier alpha value is -1.88. The van der Waals surface area contributed by atoms with E-state index in [1.807, 2.05) is 0 Å². The lowest BCUT2D eigenvalue weighted by molar-refractivity contribution is -0.157. The Labute approximate surface area is 85.6 Å². The molecular formula is C10H10O5. The van der Waals surface area contributed by atoms with Crippen LogP contribution in [0, 0.1) is 0 Å². The maximum atomic E-state index is 10.7. The molecule has 0 spiro atoms. The van der Waals surface area contributed by atoms with Crippen molar-refractivity contribution in [2.24, 2.45) is 0 Å². The molecule has 1 aromatic rings. The molecule has 0 fully saturated rings. The molecule has 0 bridgehead atoms. The van der Waals surface area contributed by atoms with Gasteiger partial charge in [0.2, 0.25) is 0 Å². The molecule has 0 aliphatic rings. The molecule has 3 N–H and O–H groups in total. The van der Waals surface area contributed by atoms with Crippen molar-refractivity contribution in [1.29, 1.82) is 0 Å². The minimum atomic E-state index is -2.00. The van der Waals surface area contributed by atoms with Crippen molar-refractivity contribution in [1.82, 2.24) is 0 Å². The second-order valence-electron chi connectivity index (χ2n) is 3.26. The van der Waals surface area contributed by atoms with E-state index < -0.39 is 17.5 Å². The van der Waals surface area contributed by atoms with Crippen LogP contribution < -0.4 is 0 Å². The molecule has 1 unspecified atom stereocenters. The number of hydrogen-bond donors (Lipinski definition) is 3. The van der Waals surface area contributed by atoms with Crippen molar-refractivity contribution in [3.63, 3.8) is 0 Å². The average Bonchev–Trinajstić information content (AvgIpc) is 2.17. The van der Waals surface area contributed by atoms with E-state index in [9.17, 15) is 14.7 Å². The Kier molecular flexibility index (Phi) is 2.76. The van der Waals surface area contributed by atoms with Crippen molar-refractivity contribution in [2.45, 2.75) is 12.5 Å². The van der Waals surface area contributed by atoms with Crippen LogP contribution in [0.2, 0.25) is 0 Å². The average molecular weight is 210 g/mol. The summed E-state index contributed by atoms with van der Waals surface area (Å²) in [5.41, 5.74) is -1.82. The molecule has 0 aliphatic heterocycles. The molecule has 0 saturated heterocycles. The van der Waals surface area contributed by atoms with E-state index in [0.717, 1.165) is 6.92 Å². The van der Waals surface area contributed by atoms with Crippen LogP contribution >= 0.6 is 0 Å². The van der Waals surface area contributed by atoms with E-state index in [1.54, 1.807) is 0 Å². The smallest absolute Gasteiger partial charge is 0.340 e. The molecule has 0 aromatic heterocycles. The van der Waals surface area contributed by atoms with Gasteiger partial charge in [0.1, 0.15) is 0 Å².